The van der Waals surface area contributed by atoms with E-state index in [0.717, 1.165) is 11.3 Å². The van der Waals surface area contributed by atoms with Crippen LogP contribution in [0.15, 0.2) is 5.16 Å². The number of likely N-dealkylation sites (tertiary alicyclic amines) is 1. The number of carbonyl (C=O) groups is 3. The predicted molar refractivity (Wildman–Crippen MR) is 82.3 cm³/mol. The van der Waals surface area contributed by atoms with Gasteiger partial charge in [-0.3, -0.25) is 19.3 Å². The number of hydrogen-bond acceptors (Lipinski definition) is 7. The van der Waals surface area contributed by atoms with Crippen molar-refractivity contribution in [2.75, 3.05) is 19.3 Å². The van der Waals surface area contributed by atoms with E-state index in [2.05, 4.69) is 15.5 Å². The molecule has 1 aliphatic rings. The second-order valence-electron chi connectivity index (χ2n) is 5.28. The van der Waals surface area contributed by atoms with E-state index in [9.17, 15) is 14.4 Å². The number of nitrogens with zero attached hydrogens (tertiary/aromatic N) is 6. The maximum absolute atomic E-state index is 12.5. The Morgan fingerprint density at radius 3 is 2.65 bits per heavy atom. The number of imide groups is 1. The molecule has 23 heavy (non-hydrogen) atoms. The molecule has 0 radical (unpaired) electrons. The van der Waals surface area contributed by atoms with Crippen LogP contribution in [0.1, 0.15) is 26.2 Å². The van der Waals surface area contributed by atoms with Crippen LogP contribution in [0.4, 0.5) is 0 Å². The van der Waals surface area contributed by atoms with Crippen molar-refractivity contribution < 1.29 is 14.4 Å². The average molecular weight is 340 g/mol. The fourth-order valence-electron chi connectivity index (χ4n) is 2.39. The van der Waals surface area contributed by atoms with Crippen LogP contribution in [0, 0.1) is 0 Å². The molecule has 2 rings (SSSR count). The molecule has 0 N–H and O–H groups in total. The summed E-state index contributed by atoms with van der Waals surface area (Å²) in [5.41, 5.74) is 0. The Morgan fingerprint density at radius 2 is 2.13 bits per heavy atom. The maximum atomic E-state index is 12.5. The number of aromatic nitrogens is 4. The molecular formula is C13H20N6O3S. The maximum Gasteiger partial charge on any atom is 0.252 e. The second kappa shape index (κ2) is 7.53. The molecule has 1 aromatic rings. The summed E-state index contributed by atoms with van der Waals surface area (Å²) in [5, 5.41) is 11.7. The number of tetrazole rings is 1. The van der Waals surface area contributed by atoms with E-state index in [1.54, 1.807) is 7.05 Å². The van der Waals surface area contributed by atoms with Crippen LogP contribution < -0.4 is 0 Å². The summed E-state index contributed by atoms with van der Waals surface area (Å²) in [5.74, 6) is -0.163. The van der Waals surface area contributed by atoms with Crippen molar-refractivity contribution in [2.45, 2.75) is 37.4 Å². The molecule has 1 atom stereocenters. The standard InChI is InChI=1S/C13H20N6O3S/c1-4-6-19(9-8-11(21)17(2)12(9)22)10(20)5-7-23-13-14-15-16-18(13)3/h9H,4-8H2,1-3H3/t9-/m0/s1. The number of rotatable bonds is 7. The molecule has 1 saturated heterocycles. The summed E-state index contributed by atoms with van der Waals surface area (Å²) in [7, 11) is 3.18. The largest absolute Gasteiger partial charge is 0.330 e. The molecule has 2 heterocycles. The molecule has 0 unspecified atom stereocenters. The van der Waals surface area contributed by atoms with E-state index < -0.39 is 6.04 Å². The highest BCUT2D eigenvalue weighted by Gasteiger charge is 2.41. The molecule has 0 spiro atoms. The van der Waals surface area contributed by atoms with E-state index in [-0.39, 0.29) is 30.6 Å². The van der Waals surface area contributed by atoms with Gasteiger partial charge in [-0.2, -0.15) is 0 Å². The lowest BCUT2D eigenvalue weighted by Crippen LogP contribution is -2.45. The summed E-state index contributed by atoms with van der Waals surface area (Å²) in [6.45, 7) is 2.40. The van der Waals surface area contributed by atoms with Gasteiger partial charge in [0.1, 0.15) is 6.04 Å². The van der Waals surface area contributed by atoms with Gasteiger partial charge in [0.25, 0.3) is 5.91 Å². The van der Waals surface area contributed by atoms with Gasteiger partial charge in [-0.05, 0) is 16.8 Å². The molecule has 9 nitrogen and oxygen atoms in total. The van der Waals surface area contributed by atoms with Crippen molar-refractivity contribution in [3.8, 4) is 0 Å². The van der Waals surface area contributed by atoms with Crippen molar-refractivity contribution in [3.63, 3.8) is 0 Å². The molecule has 0 bridgehead atoms. The van der Waals surface area contributed by atoms with Crippen LogP contribution in [0.2, 0.25) is 0 Å². The van der Waals surface area contributed by atoms with E-state index in [1.807, 2.05) is 6.92 Å². The zero-order valence-electron chi connectivity index (χ0n) is 13.4. The van der Waals surface area contributed by atoms with Gasteiger partial charge in [0.05, 0.1) is 6.42 Å². The number of aryl methyl sites for hydroxylation is 1. The van der Waals surface area contributed by atoms with Gasteiger partial charge in [-0.25, -0.2) is 4.68 Å². The van der Waals surface area contributed by atoms with Crippen LogP contribution in [0.25, 0.3) is 0 Å². The van der Waals surface area contributed by atoms with E-state index in [1.165, 1.54) is 28.4 Å². The Bertz CT molecular complexity index is 604. The topological polar surface area (TPSA) is 101 Å². The average Bonchev–Trinajstić information content (AvgIpc) is 3.04. The molecule has 0 aromatic carbocycles. The van der Waals surface area contributed by atoms with Crippen molar-refractivity contribution in [2.24, 2.45) is 7.05 Å². The molecule has 10 heteroatoms. The normalized spacial score (nSPS) is 17.9. The first-order valence-electron chi connectivity index (χ1n) is 7.40. The van der Waals surface area contributed by atoms with Crippen LogP contribution in [-0.2, 0) is 21.4 Å². The minimum Gasteiger partial charge on any atom is -0.330 e. The molecule has 0 saturated carbocycles. The number of likely N-dealkylation sites (N-methyl/N-ethyl adjacent to an activating group) is 1. The third kappa shape index (κ3) is 3.87. The lowest BCUT2D eigenvalue weighted by Gasteiger charge is -2.26. The Kier molecular flexibility index (Phi) is 5.69. The van der Waals surface area contributed by atoms with Gasteiger partial charge in [0, 0.05) is 32.8 Å². The summed E-state index contributed by atoms with van der Waals surface area (Å²) >= 11 is 1.38. The minimum absolute atomic E-state index is 0.0709. The SMILES string of the molecule is CCCN(C(=O)CCSc1nnnn1C)[C@H]1CC(=O)N(C)C1=O. The Labute approximate surface area is 138 Å². The third-order valence-electron chi connectivity index (χ3n) is 3.65. The summed E-state index contributed by atoms with van der Waals surface area (Å²) in [6, 6.07) is -0.665. The van der Waals surface area contributed by atoms with Gasteiger partial charge >= 0.3 is 0 Å². The third-order valence-corrected chi connectivity index (χ3v) is 4.66. The highest BCUT2D eigenvalue weighted by atomic mass is 32.2. The van der Waals surface area contributed by atoms with Gasteiger partial charge in [-0.1, -0.05) is 18.7 Å². The smallest absolute Gasteiger partial charge is 0.252 e. The van der Waals surface area contributed by atoms with E-state index in [0.29, 0.717) is 17.5 Å². The molecule has 3 amide bonds. The zero-order valence-corrected chi connectivity index (χ0v) is 14.2. The summed E-state index contributed by atoms with van der Waals surface area (Å²) < 4.78 is 1.53. The van der Waals surface area contributed by atoms with Gasteiger partial charge in [0.15, 0.2) is 0 Å². The van der Waals surface area contributed by atoms with Crippen molar-refractivity contribution in [1.29, 1.82) is 0 Å². The van der Waals surface area contributed by atoms with Crippen molar-refractivity contribution >= 4 is 29.5 Å². The monoisotopic (exact) mass is 340 g/mol. The van der Waals surface area contributed by atoms with Crippen LogP contribution in [0.3, 0.4) is 0 Å². The number of thioether (sulfide) groups is 1. The van der Waals surface area contributed by atoms with Crippen LogP contribution >= 0.6 is 11.8 Å². The fraction of sp³-hybridized carbons (Fsp3) is 0.692. The van der Waals surface area contributed by atoms with Crippen molar-refractivity contribution in [1.82, 2.24) is 30.0 Å². The van der Waals surface area contributed by atoms with E-state index in [4.69, 9.17) is 0 Å². The van der Waals surface area contributed by atoms with Crippen LogP contribution in [0.5, 0.6) is 0 Å². The Morgan fingerprint density at radius 1 is 1.39 bits per heavy atom. The second-order valence-corrected chi connectivity index (χ2v) is 6.34. The number of hydrogen-bond donors (Lipinski definition) is 0. The Hall–Kier alpha value is -1.97. The first-order valence-corrected chi connectivity index (χ1v) is 8.39. The van der Waals surface area contributed by atoms with Gasteiger partial charge in [0.2, 0.25) is 17.0 Å². The van der Waals surface area contributed by atoms with Gasteiger partial charge in [-0.15, -0.1) is 5.10 Å². The van der Waals surface area contributed by atoms with E-state index >= 15 is 0 Å². The summed E-state index contributed by atoms with van der Waals surface area (Å²) in [4.78, 5) is 38.9. The highest BCUT2D eigenvalue weighted by Crippen LogP contribution is 2.20. The first-order chi connectivity index (χ1) is 11.0. The fourth-order valence-corrected chi connectivity index (χ4v) is 3.17. The van der Waals surface area contributed by atoms with Crippen LogP contribution in [-0.4, -0.2) is 73.1 Å². The molecule has 1 aromatic heterocycles. The molecule has 0 aliphatic carbocycles. The Balaban J connectivity index is 1.94. The predicted octanol–water partition coefficient (Wildman–Crippen LogP) is -0.312. The van der Waals surface area contributed by atoms with Crippen molar-refractivity contribution in [3.05, 3.63) is 0 Å². The quantitative estimate of drug-likeness (QED) is 0.495. The zero-order chi connectivity index (χ0) is 17.0. The number of amides is 3. The molecule has 126 valence electrons. The highest BCUT2D eigenvalue weighted by molar-refractivity contribution is 7.99. The number of carbonyl (C=O) groups excluding carboxylic acids is 3. The lowest BCUT2D eigenvalue weighted by molar-refractivity contribution is -0.143. The van der Waals surface area contributed by atoms with Gasteiger partial charge < -0.3 is 4.90 Å². The molecular weight excluding hydrogens is 320 g/mol. The molecule has 1 aliphatic heterocycles. The summed E-state index contributed by atoms with van der Waals surface area (Å²) in [6.07, 6.45) is 1.06. The first kappa shape index (κ1) is 17.4. The minimum atomic E-state index is -0.665. The molecule has 1 fully saturated rings. The lowest BCUT2D eigenvalue weighted by atomic mass is 10.2.